The van der Waals surface area contributed by atoms with Crippen LogP contribution < -0.4 is 0 Å². The molecule has 2 rings (SSSR count). The molecular weight excluding hydrogens is 278 g/mol. The van der Waals surface area contributed by atoms with Gasteiger partial charge in [0.25, 0.3) is 5.91 Å². The lowest BCUT2D eigenvalue weighted by molar-refractivity contribution is -0.148. The molecule has 1 N–H and O–H groups in total. The molecule has 1 aromatic rings. The molecule has 1 atom stereocenters. The smallest absolute Gasteiger partial charge is 0.311 e. The number of hydrogen-bond donors (Lipinski definition) is 1. The quantitative estimate of drug-likeness (QED) is 0.932. The van der Waals surface area contributed by atoms with E-state index in [1.807, 2.05) is 6.92 Å². The number of amides is 1. The van der Waals surface area contributed by atoms with Crippen molar-refractivity contribution >= 4 is 23.5 Å². The van der Waals surface area contributed by atoms with Crippen LogP contribution in [0.15, 0.2) is 18.2 Å². The predicted molar refractivity (Wildman–Crippen MR) is 77.1 cm³/mol. The Morgan fingerprint density at radius 3 is 2.70 bits per heavy atom. The molecule has 0 radical (unpaired) electrons. The van der Waals surface area contributed by atoms with Crippen LogP contribution >= 0.6 is 11.6 Å². The summed E-state index contributed by atoms with van der Waals surface area (Å²) in [6, 6.07) is 5.21. The van der Waals surface area contributed by atoms with E-state index in [2.05, 4.69) is 0 Å². The van der Waals surface area contributed by atoms with E-state index in [-0.39, 0.29) is 12.5 Å². The van der Waals surface area contributed by atoms with E-state index in [0.717, 1.165) is 5.56 Å². The molecule has 1 aliphatic heterocycles. The first-order valence-electron chi connectivity index (χ1n) is 6.69. The molecule has 1 amide bonds. The lowest BCUT2D eigenvalue weighted by Gasteiger charge is -2.23. The van der Waals surface area contributed by atoms with Crippen LogP contribution in [0.5, 0.6) is 0 Å². The summed E-state index contributed by atoms with van der Waals surface area (Å²) in [5, 5.41) is 9.92. The monoisotopic (exact) mass is 295 g/mol. The Hall–Kier alpha value is -1.55. The van der Waals surface area contributed by atoms with Crippen LogP contribution in [0.1, 0.15) is 35.7 Å². The average Bonchev–Trinajstić information content (AvgIpc) is 2.87. The number of benzene rings is 1. The fraction of sp³-hybridized carbons (Fsp3) is 0.467. The van der Waals surface area contributed by atoms with Crippen molar-refractivity contribution in [3.05, 3.63) is 34.3 Å². The molecule has 1 aliphatic rings. The van der Waals surface area contributed by atoms with Gasteiger partial charge in [0.15, 0.2) is 0 Å². The highest BCUT2D eigenvalue weighted by Gasteiger charge is 2.44. The lowest BCUT2D eigenvalue weighted by atomic mass is 9.84. The number of halogens is 1. The zero-order valence-electron chi connectivity index (χ0n) is 11.6. The van der Waals surface area contributed by atoms with Crippen LogP contribution in [0, 0.1) is 12.3 Å². The van der Waals surface area contributed by atoms with Gasteiger partial charge in [-0.3, -0.25) is 9.59 Å². The van der Waals surface area contributed by atoms with Gasteiger partial charge in [-0.05, 0) is 37.5 Å². The summed E-state index contributed by atoms with van der Waals surface area (Å²) in [6.07, 6.45) is 1.03. The molecule has 20 heavy (non-hydrogen) atoms. The number of carboxylic acids is 1. The molecule has 0 spiro atoms. The maximum Gasteiger partial charge on any atom is 0.311 e. The van der Waals surface area contributed by atoms with Gasteiger partial charge in [0, 0.05) is 23.7 Å². The van der Waals surface area contributed by atoms with Gasteiger partial charge in [-0.25, -0.2) is 0 Å². The van der Waals surface area contributed by atoms with Crippen LogP contribution in [-0.4, -0.2) is 35.0 Å². The minimum Gasteiger partial charge on any atom is -0.481 e. The molecule has 1 heterocycles. The summed E-state index contributed by atoms with van der Waals surface area (Å²) in [6.45, 7) is 4.40. The Labute approximate surface area is 123 Å². The summed E-state index contributed by atoms with van der Waals surface area (Å²) in [4.78, 5) is 25.6. The number of aliphatic carboxylic acids is 1. The van der Waals surface area contributed by atoms with E-state index in [1.165, 1.54) is 0 Å². The average molecular weight is 296 g/mol. The topological polar surface area (TPSA) is 57.6 Å². The first-order chi connectivity index (χ1) is 9.41. The molecule has 0 saturated carbocycles. The minimum atomic E-state index is -0.821. The van der Waals surface area contributed by atoms with Crippen LogP contribution in [0.25, 0.3) is 0 Å². The zero-order valence-corrected chi connectivity index (χ0v) is 12.4. The summed E-state index contributed by atoms with van der Waals surface area (Å²) in [5.74, 6) is -0.959. The molecule has 1 fully saturated rings. The summed E-state index contributed by atoms with van der Waals surface area (Å²) < 4.78 is 0. The van der Waals surface area contributed by atoms with Crippen molar-refractivity contribution in [3.8, 4) is 0 Å². The van der Waals surface area contributed by atoms with Crippen LogP contribution in [0.3, 0.4) is 0 Å². The van der Waals surface area contributed by atoms with E-state index in [1.54, 1.807) is 30.0 Å². The Morgan fingerprint density at radius 1 is 1.45 bits per heavy atom. The van der Waals surface area contributed by atoms with Gasteiger partial charge in [-0.2, -0.15) is 0 Å². The highest BCUT2D eigenvalue weighted by Crippen LogP contribution is 2.35. The van der Waals surface area contributed by atoms with Gasteiger partial charge in [-0.15, -0.1) is 0 Å². The third-order valence-corrected chi connectivity index (χ3v) is 4.68. The van der Waals surface area contributed by atoms with Crippen molar-refractivity contribution in [2.45, 2.75) is 26.7 Å². The van der Waals surface area contributed by atoms with Gasteiger partial charge in [0.1, 0.15) is 0 Å². The van der Waals surface area contributed by atoms with Crippen LogP contribution in [0.2, 0.25) is 5.02 Å². The molecular formula is C15H18ClNO3. The molecule has 0 aliphatic carbocycles. The van der Waals surface area contributed by atoms with Gasteiger partial charge in [-0.1, -0.05) is 24.6 Å². The summed E-state index contributed by atoms with van der Waals surface area (Å²) >= 11 is 6.03. The number of likely N-dealkylation sites (tertiary alicyclic amines) is 1. The normalized spacial score (nSPS) is 22.1. The molecule has 1 saturated heterocycles. The maximum absolute atomic E-state index is 12.5. The Morgan fingerprint density at radius 2 is 2.15 bits per heavy atom. The Bertz CT molecular complexity index is 558. The summed E-state index contributed by atoms with van der Waals surface area (Å²) in [5.41, 5.74) is 0.487. The third-order valence-electron chi connectivity index (χ3n) is 4.27. The second kappa shape index (κ2) is 5.44. The van der Waals surface area contributed by atoms with Crippen molar-refractivity contribution in [2.75, 3.05) is 13.1 Å². The van der Waals surface area contributed by atoms with E-state index in [4.69, 9.17) is 11.6 Å². The molecule has 5 heteroatoms. The second-order valence-electron chi connectivity index (χ2n) is 5.33. The summed E-state index contributed by atoms with van der Waals surface area (Å²) in [7, 11) is 0. The fourth-order valence-corrected chi connectivity index (χ4v) is 2.84. The van der Waals surface area contributed by atoms with Crippen LogP contribution in [-0.2, 0) is 4.79 Å². The fourth-order valence-electron chi connectivity index (χ4n) is 2.67. The van der Waals surface area contributed by atoms with E-state index in [9.17, 15) is 14.7 Å². The number of rotatable bonds is 3. The van der Waals surface area contributed by atoms with Crippen LogP contribution in [0.4, 0.5) is 0 Å². The van der Waals surface area contributed by atoms with Crippen molar-refractivity contribution in [1.29, 1.82) is 0 Å². The van der Waals surface area contributed by atoms with Crippen molar-refractivity contribution in [1.82, 2.24) is 4.90 Å². The molecule has 1 unspecified atom stereocenters. The van der Waals surface area contributed by atoms with E-state index >= 15 is 0 Å². The zero-order chi connectivity index (χ0) is 14.9. The number of nitrogens with zero attached hydrogens (tertiary/aromatic N) is 1. The molecule has 0 aromatic heterocycles. The highest BCUT2D eigenvalue weighted by atomic mass is 35.5. The number of carbonyl (C=O) groups excluding carboxylic acids is 1. The third kappa shape index (κ3) is 2.40. The number of hydrogen-bond acceptors (Lipinski definition) is 2. The second-order valence-corrected chi connectivity index (χ2v) is 5.74. The lowest BCUT2D eigenvalue weighted by Crippen LogP contribution is -2.36. The molecule has 0 bridgehead atoms. The maximum atomic E-state index is 12.5. The van der Waals surface area contributed by atoms with E-state index < -0.39 is 11.4 Å². The van der Waals surface area contributed by atoms with Gasteiger partial charge in [0.05, 0.1) is 5.41 Å². The Balaban J connectivity index is 2.24. The van der Waals surface area contributed by atoms with Crippen molar-refractivity contribution < 1.29 is 14.7 Å². The predicted octanol–water partition coefficient (Wildman–Crippen LogP) is 2.98. The Kier molecular flexibility index (Phi) is 4.04. The standard InChI is InChI=1S/C15H18ClNO3/c1-3-15(14(19)20)7-8-17(9-15)13(18)11-5-4-6-12(16)10(11)2/h4-6H,3,7-9H2,1-2H3,(H,19,20). The van der Waals surface area contributed by atoms with Crippen molar-refractivity contribution in [3.63, 3.8) is 0 Å². The molecule has 108 valence electrons. The first kappa shape index (κ1) is 14.9. The van der Waals surface area contributed by atoms with E-state index in [0.29, 0.717) is 30.0 Å². The van der Waals surface area contributed by atoms with Crippen molar-refractivity contribution in [2.24, 2.45) is 5.41 Å². The molecule has 1 aromatic carbocycles. The molecule has 4 nitrogen and oxygen atoms in total. The SMILES string of the molecule is CCC1(C(=O)O)CCN(C(=O)c2cccc(Cl)c2C)C1. The number of carboxylic acid groups (broad SMARTS) is 1. The van der Waals surface area contributed by atoms with Gasteiger partial charge < -0.3 is 10.0 Å². The van der Waals surface area contributed by atoms with Gasteiger partial charge in [0.2, 0.25) is 0 Å². The minimum absolute atomic E-state index is 0.137. The first-order valence-corrected chi connectivity index (χ1v) is 7.07. The van der Waals surface area contributed by atoms with Gasteiger partial charge >= 0.3 is 5.97 Å². The number of carbonyl (C=O) groups is 2. The highest BCUT2D eigenvalue weighted by molar-refractivity contribution is 6.31. The largest absolute Gasteiger partial charge is 0.481 e.